The largest absolute Gasteiger partial charge is 0.385 e. The summed E-state index contributed by atoms with van der Waals surface area (Å²) < 4.78 is 0. The molecule has 0 aromatic heterocycles. The molecule has 0 amide bonds. The molecule has 1 rings (SSSR count). The number of hydrogen-bond acceptors (Lipinski definition) is 2. The average molecular weight is 207 g/mol. The number of alkyl halides is 1. The van der Waals surface area contributed by atoms with Crippen molar-refractivity contribution < 1.29 is 9.90 Å². The lowest BCUT2D eigenvalue weighted by atomic mass is 9.88. The first-order valence-corrected chi connectivity index (χ1v) is 4.38. The fourth-order valence-electron chi connectivity index (χ4n) is 1.27. The first-order chi connectivity index (χ1) is 4.61. The minimum atomic E-state index is -0.729. The van der Waals surface area contributed by atoms with Crippen molar-refractivity contribution in [3.63, 3.8) is 0 Å². The Morgan fingerprint density at radius 1 is 1.60 bits per heavy atom. The number of carbonyl (C=O) groups excluding carboxylic acids is 1. The molecule has 0 aromatic rings. The van der Waals surface area contributed by atoms with Gasteiger partial charge in [0, 0.05) is 0 Å². The van der Waals surface area contributed by atoms with E-state index in [9.17, 15) is 4.79 Å². The number of Topliss-reactive ketones (excluding diaryl/α,β-unsaturated/α-hetero) is 1. The second kappa shape index (κ2) is 3.01. The number of carbonyl (C=O) groups is 1. The highest BCUT2D eigenvalue weighted by Gasteiger charge is 2.31. The fourth-order valence-corrected chi connectivity index (χ4v) is 2.21. The summed E-state index contributed by atoms with van der Waals surface area (Å²) in [6, 6.07) is 0. The van der Waals surface area contributed by atoms with E-state index in [2.05, 4.69) is 15.9 Å². The summed E-state index contributed by atoms with van der Waals surface area (Å²) in [5, 5.41) is 9.14. The number of aliphatic hydroxyl groups is 1. The monoisotopic (exact) mass is 206 g/mol. The Hall–Kier alpha value is 0.110. The molecule has 0 spiro atoms. The van der Waals surface area contributed by atoms with Crippen LogP contribution in [0.25, 0.3) is 0 Å². The van der Waals surface area contributed by atoms with Crippen LogP contribution in [0.1, 0.15) is 19.8 Å². The van der Waals surface area contributed by atoms with Gasteiger partial charge >= 0.3 is 0 Å². The van der Waals surface area contributed by atoms with Gasteiger partial charge in [0.1, 0.15) is 6.10 Å². The Morgan fingerprint density at radius 2 is 2.20 bits per heavy atom. The zero-order valence-corrected chi connectivity index (χ0v) is 7.47. The molecule has 3 heteroatoms. The molecular weight excluding hydrogens is 196 g/mol. The van der Waals surface area contributed by atoms with E-state index in [1.807, 2.05) is 6.92 Å². The number of ketones is 1. The molecule has 10 heavy (non-hydrogen) atoms. The van der Waals surface area contributed by atoms with Crippen LogP contribution in [0.2, 0.25) is 0 Å². The number of hydrogen-bond donors (Lipinski definition) is 1. The topological polar surface area (TPSA) is 37.3 Å². The van der Waals surface area contributed by atoms with Crippen molar-refractivity contribution in [2.45, 2.75) is 30.7 Å². The van der Waals surface area contributed by atoms with Gasteiger partial charge in [0.2, 0.25) is 0 Å². The van der Waals surface area contributed by atoms with Crippen molar-refractivity contribution in [3.8, 4) is 0 Å². The molecule has 1 N–H and O–H groups in total. The van der Waals surface area contributed by atoms with Crippen LogP contribution in [0.3, 0.4) is 0 Å². The van der Waals surface area contributed by atoms with Crippen LogP contribution in [0.15, 0.2) is 0 Å². The lowest BCUT2D eigenvalue weighted by Gasteiger charge is -2.25. The van der Waals surface area contributed by atoms with Crippen molar-refractivity contribution in [1.82, 2.24) is 0 Å². The van der Waals surface area contributed by atoms with Crippen molar-refractivity contribution in [2.75, 3.05) is 0 Å². The molecule has 3 atom stereocenters. The van der Waals surface area contributed by atoms with E-state index in [1.165, 1.54) is 0 Å². The molecule has 1 saturated carbocycles. The van der Waals surface area contributed by atoms with Gasteiger partial charge in [0.05, 0.1) is 4.83 Å². The van der Waals surface area contributed by atoms with Gasteiger partial charge in [-0.15, -0.1) is 0 Å². The predicted molar refractivity (Wildman–Crippen MR) is 42.1 cm³/mol. The molecule has 1 fully saturated rings. The van der Waals surface area contributed by atoms with Crippen LogP contribution >= 0.6 is 15.9 Å². The SMILES string of the molecule is C[C@@H]1C[C@@H](Br)C(=O)[C@@H](O)C1. The Morgan fingerprint density at radius 3 is 2.70 bits per heavy atom. The number of halogens is 1. The third-order valence-corrected chi connectivity index (χ3v) is 2.70. The fraction of sp³-hybridized carbons (Fsp3) is 0.857. The van der Waals surface area contributed by atoms with Crippen LogP contribution in [0, 0.1) is 5.92 Å². The van der Waals surface area contributed by atoms with E-state index in [-0.39, 0.29) is 10.6 Å². The molecular formula is C7H11BrO2. The summed E-state index contributed by atoms with van der Waals surface area (Å²) in [6.07, 6.45) is 0.754. The van der Waals surface area contributed by atoms with Gasteiger partial charge in [-0.2, -0.15) is 0 Å². The van der Waals surface area contributed by atoms with Crippen molar-refractivity contribution in [1.29, 1.82) is 0 Å². The van der Waals surface area contributed by atoms with Gasteiger partial charge in [-0.25, -0.2) is 0 Å². The molecule has 1 aliphatic rings. The first kappa shape index (κ1) is 8.21. The van der Waals surface area contributed by atoms with Gasteiger partial charge in [-0.1, -0.05) is 22.9 Å². The second-order valence-corrected chi connectivity index (χ2v) is 4.07. The van der Waals surface area contributed by atoms with Crippen molar-refractivity contribution in [2.24, 2.45) is 5.92 Å². The van der Waals surface area contributed by atoms with E-state index < -0.39 is 6.10 Å². The zero-order valence-electron chi connectivity index (χ0n) is 5.88. The van der Waals surface area contributed by atoms with E-state index >= 15 is 0 Å². The predicted octanol–water partition coefficient (Wildman–Crippen LogP) is 1.11. The Labute approximate surface area is 68.7 Å². The maximum Gasteiger partial charge on any atom is 0.174 e. The molecule has 0 aromatic carbocycles. The van der Waals surface area contributed by atoms with E-state index in [0.29, 0.717) is 12.3 Å². The molecule has 0 aliphatic heterocycles. The summed E-state index contributed by atoms with van der Waals surface area (Å²) in [4.78, 5) is 10.9. The molecule has 0 radical (unpaired) electrons. The van der Waals surface area contributed by atoms with E-state index in [0.717, 1.165) is 6.42 Å². The van der Waals surface area contributed by atoms with Gasteiger partial charge in [-0.3, -0.25) is 4.79 Å². The Kier molecular flexibility index (Phi) is 2.47. The summed E-state index contributed by atoms with van der Waals surface area (Å²) in [6.45, 7) is 2.05. The first-order valence-electron chi connectivity index (χ1n) is 3.47. The molecule has 1 aliphatic carbocycles. The van der Waals surface area contributed by atoms with Crippen molar-refractivity contribution >= 4 is 21.7 Å². The van der Waals surface area contributed by atoms with Gasteiger partial charge in [-0.05, 0) is 18.8 Å². The smallest absolute Gasteiger partial charge is 0.174 e. The standard InChI is InChI=1S/C7H11BrO2/c1-4-2-5(8)7(10)6(9)3-4/h4-6,9H,2-3H2,1H3/t4-,5-,6+/m1/s1. The molecule has 58 valence electrons. The van der Waals surface area contributed by atoms with Gasteiger partial charge in [0.15, 0.2) is 5.78 Å². The van der Waals surface area contributed by atoms with Crippen molar-refractivity contribution in [3.05, 3.63) is 0 Å². The lowest BCUT2D eigenvalue weighted by molar-refractivity contribution is -0.129. The number of aliphatic hydroxyl groups excluding tert-OH is 1. The van der Waals surface area contributed by atoms with Gasteiger partial charge in [0.25, 0.3) is 0 Å². The molecule has 0 unspecified atom stereocenters. The normalized spacial score (nSPS) is 41.9. The summed E-state index contributed by atoms with van der Waals surface area (Å²) in [7, 11) is 0. The maximum atomic E-state index is 11.0. The summed E-state index contributed by atoms with van der Waals surface area (Å²) in [5.41, 5.74) is 0. The maximum absolute atomic E-state index is 11.0. The van der Waals surface area contributed by atoms with Crippen LogP contribution in [0.4, 0.5) is 0 Å². The average Bonchev–Trinajstić information content (AvgIpc) is 1.82. The molecule has 2 nitrogen and oxygen atoms in total. The lowest BCUT2D eigenvalue weighted by Crippen LogP contribution is -2.36. The molecule has 0 bridgehead atoms. The summed E-state index contributed by atoms with van der Waals surface area (Å²) >= 11 is 3.22. The van der Waals surface area contributed by atoms with Crippen LogP contribution in [-0.2, 0) is 4.79 Å². The van der Waals surface area contributed by atoms with Crippen LogP contribution in [0.5, 0.6) is 0 Å². The molecule has 0 saturated heterocycles. The zero-order chi connectivity index (χ0) is 7.72. The third kappa shape index (κ3) is 1.58. The Bertz CT molecular complexity index is 133. The minimum absolute atomic E-state index is 0.0573. The minimum Gasteiger partial charge on any atom is -0.385 e. The highest BCUT2D eigenvalue weighted by molar-refractivity contribution is 9.10. The highest BCUT2D eigenvalue weighted by Crippen LogP contribution is 2.26. The Balaban J connectivity index is 2.57. The van der Waals surface area contributed by atoms with Crippen LogP contribution in [-0.4, -0.2) is 21.8 Å². The third-order valence-electron chi connectivity index (χ3n) is 1.87. The quantitative estimate of drug-likeness (QED) is 0.604. The molecule has 0 heterocycles. The highest BCUT2D eigenvalue weighted by atomic mass is 79.9. The van der Waals surface area contributed by atoms with Crippen LogP contribution < -0.4 is 0 Å². The second-order valence-electron chi connectivity index (χ2n) is 2.96. The van der Waals surface area contributed by atoms with Gasteiger partial charge < -0.3 is 5.11 Å². The van der Waals surface area contributed by atoms with E-state index in [1.54, 1.807) is 0 Å². The number of rotatable bonds is 0. The van der Waals surface area contributed by atoms with E-state index in [4.69, 9.17) is 5.11 Å². The summed E-state index contributed by atoms with van der Waals surface area (Å²) in [5.74, 6) is 0.398.